The minimum absolute atomic E-state index is 0.0314. The lowest BCUT2D eigenvalue weighted by Crippen LogP contribution is -2.71. The van der Waals surface area contributed by atoms with Gasteiger partial charge in [-0.05, 0) is 45.7 Å². The lowest BCUT2D eigenvalue weighted by Gasteiger charge is -2.52. The normalized spacial score (nSPS) is 25.7. The number of quaternary nitrogens is 1. The number of hydrogen-bond donors (Lipinski definition) is 2. The zero-order chi connectivity index (χ0) is 16.4. The Morgan fingerprint density at radius 3 is 2.68 bits per heavy atom. The molecule has 0 aromatic heterocycles. The van der Waals surface area contributed by atoms with Crippen molar-refractivity contribution < 1.29 is 14.4 Å². The van der Waals surface area contributed by atoms with E-state index < -0.39 is 6.09 Å². The lowest BCUT2D eigenvalue weighted by molar-refractivity contribution is -0.926. The number of carbonyl (C=O) groups is 1. The third-order valence-electron chi connectivity index (χ3n) is 4.90. The van der Waals surface area contributed by atoms with Crippen LogP contribution in [-0.2, 0) is 0 Å². The minimum atomic E-state index is -0.962. The first-order valence-corrected chi connectivity index (χ1v) is 7.93. The van der Waals surface area contributed by atoms with E-state index in [1.165, 1.54) is 0 Å². The molecule has 122 valence electrons. The fraction of sp³-hybridized carbons (Fsp3) is 0.588. The molecule has 5 heteroatoms. The van der Waals surface area contributed by atoms with Gasteiger partial charge in [-0.3, -0.25) is 4.48 Å². The smallest absolute Gasteiger partial charge is 0.257 e. The number of likely N-dealkylation sites (tertiary alicyclic amines) is 1. The van der Waals surface area contributed by atoms with Crippen molar-refractivity contribution in [3.05, 3.63) is 24.3 Å². The highest BCUT2D eigenvalue weighted by Crippen LogP contribution is 2.33. The van der Waals surface area contributed by atoms with Crippen LogP contribution in [0.1, 0.15) is 33.6 Å². The Labute approximate surface area is 132 Å². The number of carboxylic acid groups (broad SMARTS) is 1. The number of hydrogen-bond acceptors (Lipinski definition) is 4. The highest BCUT2D eigenvalue weighted by molar-refractivity contribution is 5.65. The average Bonchev–Trinajstić information content (AvgIpc) is 2.45. The summed E-state index contributed by atoms with van der Waals surface area (Å²) in [6.07, 6.45) is 0.974. The molecule has 1 heterocycles. The number of para-hydroxylation sites is 2. The summed E-state index contributed by atoms with van der Waals surface area (Å²) in [6.45, 7) is 7.92. The van der Waals surface area contributed by atoms with Gasteiger partial charge in [0.15, 0.2) is 0 Å². The van der Waals surface area contributed by atoms with Gasteiger partial charge in [0.1, 0.15) is 0 Å². The third-order valence-corrected chi connectivity index (χ3v) is 4.90. The van der Waals surface area contributed by atoms with Crippen molar-refractivity contribution >= 4 is 17.5 Å². The zero-order valence-corrected chi connectivity index (χ0v) is 13.8. The fourth-order valence-corrected chi connectivity index (χ4v) is 3.40. The second kappa shape index (κ2) is 6.16. The molecular formula is C17H27N3O2. The maximum atomic E-state index is 11.8. The first-order chi connectivity index (χ1) is 10.3. The molecule has 0 bridgehead atoms. The number of piperidine rings is 1. The van der Waals surface area contributed by atoms with Crippen LogP contribution in [0.2, 0.25) is 0 Å². The van der Waals surface area contributed by atoms with Crippen LogP contribution in [0.4, 0.5) is 16.2 Å². The molecule has 5 nitrogen and oxygen atoms in total. The molecule has 1 aliphatic heterocycles. The number of nitrogens with two attached hydrogens (primary N) is 1. The van der Waals surface area contributed by atoms with E-state index in [4.69, 9.17) is 5.73 Å². The van der Waals surface area contributed by atoms with Crippen LogP contribution in [0.5, 0.6) is 0 Å². The molecule has 1 fully saturated rings. The fourth-order valence-electron chi connectivity index (χ4n) is 3.40. The highest BCUT2D eigenvalue weighted by Gasteiger charge is 2.46. The van der Waals surface area contributed by atoms with E-state index in [-0.39, 0.29) is 10.0 Å². The topological polar surface area (TPSA) is 78.2 Å². The summed E-state index contributed by atoms with van der Waals surface area (Å²) < 4.78 is 0.0314. The maximum Gasteiger partial charge on any atom is 0.257 e. The number of amides is 1. The molecule has 22 heavy (non-hydrogen) atoms. The summed E-state index contributed by atoms with van der Waals surface area (Å²) in [5.41, 5.74) is 7.21. The van der Waals surface area contributed by atoms with Gasteiger partial charge in [-0.2, -0.15) is 0 Å². The Morgan fingerprint density at radius 1 is 1.41 bits per heavy atom. The number of carbonyl (C=O) groups excluding carboxylic acids is 1. The Hall–Kier alpha value is -1.75. The van der Waals surface area contributed by atoms with Gasteiger partial charge in [0.05, 0.1) is 30.0 Å². The van der Waals surface area contributed by atoms with Crippen molar-refractivity contribution in [1.29, 1.82) is 0 Å². The molecule has 0 radical (unpaired) electrons. The number of anilines is 2. The van der Waals surface area contributed by atoms with E-state index in [1.54, 1.807) is 0 Å². The van der Waals surface area contributed by atoms with Crippen LogP contribution < -0.4 is 16.2 Å². The Morgan fingerprint density at radius 2 is 2.09 bits per heavy atom. The van der Waals surface area contributed by atoms with Crippen LogP contribution in [0, 0.1) is 5.92 Å². The lowest BCUT2D eigenvalue weighted by atomic mass is 9.89. The number of nitrogen functional groups attached to an aromatic ring is 1. The van der Waals surface area contributed by atoms with Crippen molar-refractivity contribution in [3.63, 3.8) is 0 Å². The molecule has 1 unspecified atom stereocenters. The van der Waals surface area contributed by atoms with Gasteiger partial charge < -0.3 is 21.0 Å². The van der Waals surface area contributed by atoms with Gasteiger partial charge >= 0.3 is 0 Å². The van der Waals surface area contributed by atoms with Crippen LogP contribution in [0.15, 0.2) is 24.3 Å². The maximum absolute atomic E-state index is 11.8. The average molecular weight is 305 g/mol. The van der Waals surface area contributed by atoms with E-state index >= 15 is 0 Å². The predicted molar refractivity (Wildman–Crippen MR) is 87.2 cm³/mol. The summed E-state index contributed by atoms with van der Waals surface area (Å²) in [5.74, 6) is 0.297. The summed E-state index contributed by atoms with van der Waals surface area (Å²) in [7, 11) is 0. The summed E-state index contributed by atoms with van der Waals surface area (Å²) in [4.78, 5) is 11.8. The Bertz CT molecular complexity index is 539. The molecule has 0 aliphatic carbocycles. The standard InChI is InChI=1S/C17H27N3O2/c1-17(2,3)20(16(21)22)10-6-7-13(12-20)11-19-15-9-5-4-8-14(15)18/h4-5,8-9,13,19H,6-7,10-12,18H2,1-3H3/t13-,20?/m0/s1. The van der Waals surface area contributed by atoms with E-state index in [0.717, 1.165) is 30.8 Å². The molecule has 1 amide bonds. The summed E-state index contributed by atoms with van der Waals surface area (Å²) >= 11 is 0. The molecule has 1 saturated heterocycles. The Kier molecular flexibility index (Phi) is 4.66. The molecule has 0 spiro atoms. The highest BCUT2D eigenvalue weighted by atomic mass is 16.4. The zero-order valence-electron chi connectivity index (χ0n) is 13.8. The first kappa shape index (κ1) is 16.6. The van der Waals surface area contributed by atoms with Gasteiger partial charge in [-0.15, -0.1) is 0 Å². The number of benzene rings is 1. The van der Waals surface area contributed by atoms with Gasteiger partial charge in [0.2, 0.25) is 0 Å². The molecule has 1 aromatic carbocycles. The Balaban J connectivity index is 2.07. The van der Waals surface area contributed by atoms with Crippen LogP contribution in [0.3, 0.4) is 0 Å². The van der Waals surface area contributed by atoms with E-state index in [0.29, 0.717) is 19.0 Å². The van der Waals surface area contributed by atoms with E-state index in [1.807, 2.05) is 45.0 Å². The predicted octanol–water partition coefficient (Wildman–Crippen LogP) is 2.05. The number of nitrogens with zero attached hydrogens (tertiary/aromatic N) is 1. The van der Waals surface area contributed by atoms with Crippen molar-refractivity contribution in [2.24, 2.45) is 5.92 Å². The quantitative estimate of drug-likeness (QED) is 0.662. The minimum Gasteiger partial charge on any atom is -0.498 e. The van der Waals surface area contributed by atoms with Gasteiger partial charge in [-0.1, -0.05) is 12.1 Å². The second-order valence-electron chi connectivity index (χ2n) is 7.29. The van der Waals surface area contributed by atoms with Gasteiger partial charge in [0, 0.05) is 12.5 Å². The molecule has 1 aliphatic rings. The van der Waals surface area contributed by atoms with Crippen molar-refractivity contribution in [2.45, 2.75) is 39.2 Å². The monoisotopic (exact) mass is 305 g/mol. The molecule has 2 atom stereocenters. The molecule has 2 rings (SSSR count). The number of nitrogens with one attached hydrogen (secondary N) is 1. The third kappa shape index (κ3) is 3.19. The first-order valence-electron chi connectivity index (χ1n) is 7.93. The van der Waals surface area contributed by atoms with Crippen molar-refractivity contribution in [3.8, 4) is 0 Å². The molecule has 3 N–H and O–H groups in total. The number of rotatable bonds is 3. The SMILES string of the molecule is CC(C)(C)[N+]1(C(=O)[O-])CCC[C@@H](CNc2ccccc2N)C1. The van der Waals surface area contributed by atoms with Crippen LogP contribution >= 0.6 is 0 Å². The van der Waals surface area contributed by atoms with Crippen LogP contribution in [0.25, 0.3) is 0 Å². The van der Waals surface area contributed by atoms with E-state index in [9.17, 15) is 9.90 Å². The summed E-state index contributed by atoms with van der Waals surface area (Å²) in [5, 5.41) is 15.2. The van der Waals surface area contributed by atoms with Crippen molar-refractivity contribution in [1.82, 2.24) is 0 Å². The second-order valence-corrected chi connectivity index (χ2v) is 7.29. The largest absolute Gasteiger partial charge is 0.498 e. The molecule has 0 saturated carbocycles. The summed E-state index contributed by atoms with van der Waals surface area (Å²) in [6, 6.07) is 7.65. The van der Waals surface area contributed by atoms with Crippen LogP contribution in [-0.4, -0.2) is 35.7 Å². The van der Waals surface area contributed by atoms with E-state index in [2.05, 4.69) is 5.32 Å². The molecule has 1 aromatic rings. The molecular weight excluding hydrogens is 278 g/mol. The van der Waals surface area contributed by atoms with Gasteiger partial charge in [-0.25, -0.2) is 0 Å². The van der Waals surface area contributed by atoms with Gasteiger partial charge in [0.25, 0.3) is 6.09 Å². The van der Waals surface area contributed by atoms with Crippen molar-refractivity contribution in [2.75, 3.05) is 30.7 Å².